The van der Waals surface area contributed by atoms with Crippen molar-refractivity contribution < 1.29 is 13.5 Å². The number of hydrogen-bond acceptors (Lipinski definition) is 4. The molecule has 0 radical (unpaired) electrons. The van der Waals surface area contributed by atoms with Crippen LogP contribution in [0.2, 0.25) is 0 Å². The molecule has 15 heavy (non-hydrogen) atoms. The fourth-order valence-corrected chi connectivity index (χ4v) is 2.32. The first-order chi connectivity index (χ1) is 6.91. The van der Waals surface area contributed by atoms with Gasteiger partial charge in [-0.3, -0.25) is 0 Å². The summed E-state index contributed by atoms with van der Waals surface area (Å²) in [5.41, 5.74) is 0.532. The molecule has 6 heteroatoms. The van der Waals surface area contributed by atoms with Crippen LogP contribution in [0, 0.1) is 0 Å². The summed E-state index contributed by atoms with van der Waals surface area (Å²) < 4.78 is 24.5. The monoisotopic (exact) mass is 232 g/mol. The molecule has 86 valence electrons. The normalized spacial score (nSPS) is 14.1. The molecule has 1 N–H and O–H groups in total. The summed E-state index contributed by atoms with van der Waals surface area (Å²) in [6, 6.07) is 0.0133. The van der Waals surface area contributed by atoms with Gasteiger partial charge in [-0.25, -0.2) is 13.4 Å². The maximum Gasteiger partial charge on any atom is 0.227 e. The van der Waals surface area contributed by atoms with Gasteiger partial charge in [-0.2, -0.15) is 0 Å². The van der Waals surface area contributed by atoms with Crippen LogP contribution >= 0.6 is 0 Å². The number of sulfone groups is 1. The fraction of sp³-hybridized carbons (Fsp3) is 0.667. The van der Waals surface area contributed by atoms with E-state index in [4.69, 9.17) is 5.11 Å². The van der Waals surface area contributed by atoms with Crippen LogP contribution in [0.4, 0.5) is 0 Å². The standard InChI is InChI=1S/C9H16N2O3S/c1-4-7(2)11-8(6-12)5-10-9(11)15(3,13)14/h5,7,12H,4,6H2,1-3H3. The molecule has 0 amide bonds. The van der Waals surface area contributed by atoms with Gasteiger partial charge in [0.25, 0.3) is 0 Å². The van der Waals surface area contributed by atoms with Gasteiger partial charge >= 0.3 is 0 Å². The summed E-state index contributed by atoms with van der Waals surface area (Å²) >= 11 is 0. The Morgan fingerprint density at radius 1 is 1.60 bits per heavy atom. The minimum Gasteiger partial charge on any atom is -0.390 e. The predicted octanol–water partition coefficient (Wildman–Crippen LogP) is 0.750. The third-order valence-electron chi connectivity index (χ3n) is 2.36. The molecule has 0 aliphatic carbocycles. The Kier molecular flexibility index (Phi) is 3.51. The fourth-order valence-electron chi connectivity index (χ4n) is 1.42. The lowest BCUT2D eigenvalue weighted by molar-refractivity contribution is 0.263. The van der Waals surface area contributed by atoms with Crippen molar-refractivity contribution in [1.82, 2.24) is 9.55 Å². The second-order valence-electron chi connectivity index (χ2n) is 3.59. The summed E-state index contributed by atoms with van der Waals surface area (Å²) in [7, 11) is -3.34. The Bertz CT molecular complexity index is 436. The average Bonchev–Trinajstić information content (AvgIpc) is 2.59. The Hall–Kier alpha value is -0.880. The lowest BCUT2D eigenvalue weighted by Gasteiger charge is -2.16. The minimum atomic E-state index is -3.34. The lowest BCUT2D eigenvalue weighted by atomic mass is 10.2. The third-order valence-corrected chi connectivity index (χ3v) is 3.33. The topological polar surface area (TPSA) is 72.2 Å². The maximum absolute atomic E-state index is 11.4. The van der Waals surface area contributed by atoms with E-state index in [2.05, 4.69) is 4.98 Å². The smallest absolute Gasteiger partial charge is 0.227 e. The van der Waals surface area contributed by atoms with Gasteiger partial charge < -0.3 is 9.67 Å². The van der Waals surface area contributed by atoms with Crippen LogP contribution in [0.15, 0.2) is 11.4 Å². The molecule has 1 atom stereocenters. The van der Waals surface area contributed by atoms with Gasteiger partial charge in [0.1, 0.15) is 0 Å². The SMILES string of the molecule is CCC(C)n1c(CO)cnc1S(C)(=O)=O. The van der Waals surface area contributed by atoms with E-state index in [0.29, 0.717) is 5.69 Å². The van der Waals surface area contributed by atoms with Gasteiger partial charge in [-0.15, -0.1) is 0 Å². The van der Waals surface area contributed by atoms with Gasteiger partial charge in [0.05, 0.1) is 18.5 Å². The van der Waals surface area contributed by atoms with E-state index in [1.807, 2.05) is 13.8 Å². The molecule has 0 aromatic carbocycles. The van der Waals surface area contributed by atoms with Gasteiger partial charge in [0.15, 0.2) is 0 Å². The Morgan fingerprint density at radius 3 is 2.60 bits per heavy atom. The van der Waals surface area contributed by atoms with Crippen LogP contribution in [0.1, 0.15) is 32.0 Å². The van der Waals surface area contributed by atoms with Gasteiger partial charge in [0.2, 0.25) is 15.0 Å². The van der Waals surface area contributed by atoms with Gasteiger partial charge in [0, 0.05) is 12.3 Å². The Labute approximate surface area is 89.7 Å². The molecule has 1 aromatic heterocycles. The third kappa shape index (κ3) is 2.38. The van der Waals surface area contributed by atoms with E-state index in [1.165, 1.54) is 6.20 Å². The first kappa shape index (κ1) is 12.2. The molecule has 0 bridgehead atoms. The van der Waals surface area contributed by atoms with Crippen LogP contribution in [-0.4, -0.2) is 29.3 Å². The highest BCUT2D eigenvalue weighted by Gasteiger charge is 2.21. The molecule has 0 aliphatic rings. The van der Waals surface area contributed by atoms with Crippen molar-refractivity contribution in [2.24, 2.45) is 0 Å². The number of rotatable bonds is 4. The van der Waals surface area contributed by atoms with Crippen LogP contribution in [0.5, 0.6) is 0 Å². The predicted molar refractivity (Wildman–Crippen MR) is 56.3 cm³/mol. The summed E-state index contributed by atoms with van der Waals surface area (Å²) in [6.45, 7) is 3.65. The molecule has 0 spiro atoms. The van der Waals surface area contributed by atoms with Crippen molar-refractivity contribution in [3.8, 4) is 0 Å². The highest BCUT2D eigenvalue weighted by Crippen LogP contribution is 2.20. The van der Waals surface area contributed by atoms with E-state index < -0.39 is 9.84 Å². The first-order valence-corrected chi connectivity index (χ1v) is 6.68. The Morgan fingerprint density at radius 2 is 2.20 bits per heavy atom. The molecule has 1 rings (SSSR count). The van der Waals surface area contributed by atoms with E-state index in [9.17, 15) is 8.42 Å². The van der Waals surface area contributed by atoms with E-state index in [0.717, 1.165) is 12.7 Å². The van der Waals surface area contributed by atoms with Crippen molar-refractivity contribution in [2.45, 2.75) is 38.1 Å². The highest BCUT2D eigenvalue weighted by atomic mass is 32.2. The number of aliphatic hydroxyl groups is 1. The Balaban J connectivity index is 3.36. The molecule has 5 nitrogen and oxygen atoms in total. The average molecular weight is 232 g/mol. The molecule has 0 saturated heterocycles. The molecular weight excluding hydrogens is 216 g/mol. The molecule has 1 unspecified atom stereocenters. The van der Waals surface area contributed by atoms with Crippen molar-refractivity contribution in [3.63, 3.8) is 0 Å². The molecule has 1 heterocycles. The van der Waals surface area contributed by atoms with Crippen LogP contribution in [0.25, 0.3) is 0 Å². The largest absolute Gasteiger partial charge is 0.390 e. The van der Waals surface area contributed by atoms with Crippen molar-refractivity contribution in [1.29, 1.82) is 0 Å². The summed E-state index contributed by atoms with van der Waals surface area (Å²) in [5.74, 6) is 0. The minimum absolute atomic E-state index is 0.0133. The lowest BCUT2D eigenvalue weighted by Crippen LogP contribution is -2.15. The van der Waals surface area contributed by atoms with E-state index >= 15 is 0 Å². The maximum atomic E-state index is 11.4. The van der Waals surface area contributed by atoms with Crippen LogP contribution in [0.3, 0.4) is 0 Å². The first-order valence-electron chi connectivity index (χ1n) is 4.78. The van der Waals surface area contributed by atoms with Crippen molar-refractivity contribution in [2.75, 3.05) is 6.26 Å². The number of hydrogen-bond donors (Lipinski definition) is 1. The molecule has 0 aliphatic heterocycles. The number of aliphatic hydroxyl groups excluding tert-OH is 1. The number of aromatic nitrogens is 2. The second-order valence-corrected chi connectivity index (χ2v) is 5.50. The van der Waals surface area contributed by atoms with E-state index in [-0.39, 0.29) is 17.8 Å². The second kappa shape index (κ2) is 4.32. The molecule has 1 aromatic rings. The summed E-state index contributed by atoms with van der Waals surface area (Å²) in [6.07, 6.45) is 3.31. The van der Waals surface area contributed by atoms with Crippen LogP contribution < -0.4 is 0 Å². The molecule has 0 saturated carbocycles. The van der Waals surface area contributed by atoms with Crippen molar-refractivity contribution in [3.05, 3.63) is 11.9 Å². The number of nitrogens with zero attached hydrogens (tertiary/aromatic N) is 2. The number of imidazole rings is 1. The molecular formula is C9H16N2O3S. The zero-order valence-electron chi connectivity index (χ0n) is 9.14. The quantitative estimate of drug-likeness (QED) is 0.831. The van der Waals surface area contributed by atoms with Crippen molar-refractivity contribution >= 4 is 9.84 Å². The van der Waals surface area contributed by atoms with Gasteiger partial charge in [-0.05, 0) is 13.3 Å². The van der Waals surface area contributed by atoms with Crippen LogP contribution in [-0.2, 0) is 16.4 Å². The highest BCUT2D eigenvalue weighted by molar-refractivity contribution is 7.90. The zero-order valence-corrected chi connectivity index (χ0v) is 9.95. The van der Waals surface area contributed by atoms with E-state index in [1.54, 1.807) is 4.57 Å². The summed E-state index contributed by atoms with van der Waals surface area (Å²) in [4.78, 5) is 3.84. The molecule has 0 fully saturated rings. The summed E-state index contributed by atoms with van der Waals surface area (Å²) in [5, 5.41) is 9.11. The van der Waals surface area contributed by atoms with Gasteiger partial charge in [-0.1, -0.05) is 6.92 Å². The zero-order chi connectivity index (χ0) is 11.6.